The maximum Gasteiger partial charge on any atom is 0.160 e. The molecule has 5 rings (SSSR count). The van der Waals surface area contributed by atoms with Crippen LogP contribution in [-0.2, 0) is 0 Å². The minimum atomic E-state index is 0.0128. The fourth-order valence-corrected chi connectivity index (χ4v) is 5.89. The third kappa shape index (κ3) is 2.99. The first kappa shape index (κ1) is 18.0. The number of amidine groups is 1. The van der Waals surface area contributed by atoms with E-state index in [-0.39, 0.29) is 12.1 Å². The molecular formula is C22H21BrN4S. The minimum Gasteiger partial charge on any atom is -0.337 e. The lowest BCUT2D eigenvalue weighted by molar-refractivity contribution is 0.249. The molecule has 1 fully saturated rings. The van der Waals surface area contributed by atoms with E-state index in [9.17, 15) is 0 Å². The largest absolute Gasteiger partial charge is 0.337 e. The van der Waals surface area contributed by atoms with Crippen molar-refractivity contribution in [3.05, 3.63) is 82.9 Å². The normalized spacial score (nSPS) is 23.7. The van der Waals surface area contributed by atoms with Crippen molar-refractivity contribution in [3.63, 3.8) is 0 Å². The van der Waals surface area contributed by atoms with Crippen molar-refractivity contribution in [2.75, 3.05) is 5.75 Å². The number of hydrogen-bond acceptors (Lipinski definition) is 4. The summed E-state index contributed by atoms with van der Waals surface area (Å²) in [6.07, 6.45) is 5.14. The highest BCUT2D eigenvalue weighted by Crippen LogP contribution is 2.48. The smallest absolute Gasteiger partial charge is 0.160 e. The van der Waals surface area contributed by atoms with E-state index >= 15 is 0 Å². The lowest BCUT2D eigenvalue weighted by atomic mass is 9.99. The molecule has 3 aromatic rings. The fourth-order valence-electron chi connectivity index (χ4n) is 4.17. The van der Waals surface area contributed by atoms with Crippen LogP contribution in [0.1, 0.15) is 36.8 Å². The van der Waals surface area contributed by atoms with Crippen molar-refractivity contribution in [1.82, 2.24) is 14.5 Å². The molecule has 4 nitrogen and oxygen atoms in total. The highest BCUT2D eigenvalue weighted by atomic mass is 79.9. The number of rotatable bonds is 4. The van der Waals surface area contributed by atoms with Gasteiger partial charge in [-0.1, -0.05) is 46.7 Å². The Hall–Kier alpha value is -2.05. The second kappa shape index (κ2) is 7.41. The first-order valence-corrected chi connectivity index (χ1v) is 11.4. The maximum atomic E-state index is 5.13. The molecule has 2 aliphatic heterocycles. The van der Waals surface area contributed by atoms with Crippen LogP contribution in [0.25, 0.3) is 5.69 Å². The number of nitrogens with zero attached hydrogens (tertiary/aromatic N) is 4. The zero-order valence-electron chi connectivity index (χ0n) is 15.6. The molecule has 0 aliphatic carbocycles. The number of aliphatic imine (C=N–C) groups is 1. The number of aromatic nitrogens is 2. The zero-order valence-corrected chi connectivity index (χ0v) is 18.0. The summed E-state index contributed by atoms with van der Waals surface area (Å²) in [7, 11) is 0. The Bertz CT molecular complexity index is 1020. The van der Waals surface area contributed by atoms with Crippen LogP contribution >= 0.6 is 27.7 Å². The lowest BCUT2D eigenvalue weighted by Gasteiger charge is -2.32. The molecule has 0 spiro atoms. The van der Waals surface area contributed by atoms with Crippen LogP contribution in [0.2, 0.25) is 0 Å². The average Bonchev–Trinajstić information content (AvgIpc) is 3.43. The molecule has 142 valence electrons. The molecule has 28 heavy (non-hydrogen) atoms. The molecule has 4 heterocycles. The van der Waals surface area contributed by atoms with Crippen molar-refractivity contribution in [2.24, 2.45) is 4.99 Å². The van der Waals surface area contributed by atoms with Crippen molar-refractivity contribution in [2.45, 2.75) is 31.5 Å². The van der Waals surface area contributed by atoms with Crippen molar-refractivity contribution in [3.8, 4) is 5.69 Å². The molecular weight excluding hydrogens is 432 g/mol. The Morgan fingerprint density at radius 2 is 2.07 bits per heavy atom. The Labute approximate surface area is 177 Å². The summed E-state index contributed by atoms with van der Waals surface area (Å²) in [5.41, 5.74) is 3.45. The molecule has 2 aliphatic rings. The van der Waals surface area contributed by atoms with Gasteiger partial charge in [-0.05, 0) is 48.9 Å². The van der Waals surface area contributed by atoms with Crippen LogP contribution in [-0.4, -0.2) is 31.4 Å². The zero-order chi connectivity index (χ0) is 19.1. The third-order valence-electron chi connectivity index (χ3n) is 5.50. The Morgan fingerprint density at radius 1 is 1.14 bits per heavy atom. The van der Waals surface area contributed by atoms with Gasteiger partial charge in [-0.25, -0.2) is 0 Å². The van der Waals surface area contributed by atoms with Gasteiger partial charge in [0.1, 0.15) is 12.1 Å². The first-order valence-electron chi connectivity index (χ1n) is 9.59. The van der Waals surface area contributed by atoms with Crippen LogP contribution in [0.5, 0.6) is 0 Å². The van der Waals surface area contributed by atoms with Gasteiger partial charge in [0.2, 0.25) is 0 Å². The molecule has 0 saturated carbocycles. The van der Waals surface area contributed by atoms with Crippen LogP contribution in [0.4, 0.5) is 0 Å². The number of halogens is 1. The summed E-state index contributed by atoms with van der Waals surface area (Å²) in [4.78, 5) is 12.3. The van der Waals surface area contributed by atoms with Crippen LogP contribution in [0, 0.1) is 0 Å². The van der Waals surface area contributed by atoms with Gasteiger partial charge in [-0.2, -0.15) is 0 Å². The molecule has 0 N–H and O–H groups in total. The van der Waals surface area contributed by atoms with Gasteiger partial charge in [0.25, 0.3) is 0 Å². The van der Waals surface area contributed by atoms with Gasteiger partial charge in [0.15, 0.2) is 5.17 Å². The summed E-state index contributed by atoms with van der Waals surface area (Å²) in [6, 6.07) is 19.6. The van der Waals surface area contributed by atoms with Gasteiger partial charge >= 0.3 is 0 Å². The number of pyridine rings is 1. The van der Waals surface area contributed by atoms with Crippen LogP contribution in [0.3, 0.4) is 0 Å². The van der Waals surface area contributed by atoms with Gasteiger partial charge in [0.05, 0.1) is 5.69 Å². The van der Waals surface area contributed by atoms with E-state index in [0.29, 0.717) is 6.04 Å². The Kier molecular flexibility index (Phi) is 4.77. The Balaban J connectivity index is 1.63. The molecule has 1 saturated heterocycles. The number of hydrogen-bond donors (Lipinski definition) is 0. The maximum absolute atomic E-state index is 5.13. The molecule has 1 aromatic carbocycles. The average molecular weight is 453 g/mol. The van der Waals surface area contributed by atoms with Gasteiger partial charge in [-0.3, -0.25) is 9.98 Å². The third-order valence-corrected chi connectivity index (χ3v) is 7.12. The molecule has 0 bridgehead atoms. The van der Waals surface area contributed by atoms with E-state index < -0.39 is 0 Å². The van der Waals surface area contributed by atoms with Gasteiger partial charge < -0.3 is 9.47 Å². The summed E-state index contributed by atoms with van der Waals surface area (Å²) >= 11 is 5.49. The van der Waals surface area contributed by atoms with Crippen LogP contribution in [0.15, 0.2) is 76.5 Å². The molecule has 3 atom stereocenters. The molecule has 0 unspecified atom stereocenters. The van der Waals surface area contributed by atoms with E-state index in [1.807, 2.05) is 24.0 Å². The molecule has 0 radical (unpaired) electrons. The highest BCUT2D eigenvalue weighted by Gasteiger charge is 2.46. The monoisotopic (exact) mass is 452 g/mol. The minimum absolute atomic E-state index is 0.0128. The lowest BCUT2D eigenvalue weighted by Crippen LogP contribution is -2.36. The summed E-state index contributed by atoms with van der Waals surface area (Å²) in [5, 5.41) is 1.16. The topological polar surface area (TPSA) is 33.4 Å². The summed E-state index contributed by atoms with van der Waals surface area (Å²) < 4.78 is 3.37. The second-order valence-electron chi connectivity index (χ2n) is 7.12. The second-order valence-corrected chi connectivity index (χ2v) is 9.02. The molecule has 2 aromatic heterocycles. The number of fused-ring (bicyclic) bond motifs is 1. The molecule has 6 heteroatoms. The van der Waals surface area contributed by atoms with Gasteiger partial charge in [-0.15, -0.1) is 0 Å². The van der Waals surface area contributed by atoms with Crippen molar-refractivity contribution >= 4 is 32.9 Å². The van der Waals surface area contributed by atoms with Crippen molar-refractivity contribution < 1.29 is 0 Å². The predicted molar refractivity (Wildman–Crippen MR) is 119 cm³/mol. The quantitative estimate of drug-likeness (QED) is 0.515. The highest BCUT2D eigenvalue weighted by molar-refractivity contribution is 9.10. The first-order chi connectivity index (χ1) is 13.8. The summed E-state index contributed by atoms with van der Waals surface area (Å²) in [5.74, 6) is 1.11. The summed E-state index contributed by atoms with van der Waals surface area (Å²) in [6.45, 7) is 2.27. The molecule has 0 amide bonds. The van der Waals surface area contributed by atoms with E-state index in [1.54, 1.807) is 0 Å². The standard InChI is InChI=1S/C22H21BrN4S/c1-2-16-14-28-22-25-20(18-9-3-4-11-24-18)21(27(16)22)19-10-6-12-26(19)17-8-5-7-15(23)13-17/h3-13,16,20-21H,2,14H2,1H3/t16-,20-,21+/m1/s1. The SMILES string of the molecule is CC[C@@H]1CSC2=N[C@H](c3ccccn3)[C@H](c3cccn3-c3cccc(Br)c3)N21. The predicted octanol–water partition coefficient (Wildman–Crippen LogP) is 5.61. The van der Waals surface area contributed by atoms with E-state index in [2.05, 4.69) is 92.0 Å². The van der Waals surface area contributed by atoms with Crippen molar-refractivity contribution in [1.29, 1.82) is 0 Å². The van der Waals surface area contributed by atoms with E-state index in [1.165, 1.54) is 5.69 Å². The number of benzene rings is 1. The van der Waals surface area contributed by atoms with Crippen LogP contribution < -0.4 is 0 Å². The van der Waals surface area contributed by atoms with Gasteiger partial charge in [0, 0.05) is 40.0 Å². The Morgan fingerprint density at radius 3 is 2.86 bits per heavy atom. The van der Waals surface area contributed by atoms with E-state index in [0.717, 1.165) is 33.2 Å². The number of thioether (sulfide) groups is 1. The van der Waals surface area contributed by atoms with E-state index in [4.69, 9.17) is 4.99 Å². The fraction of sp³-hybridized carbons (Fsp3) is 0.273.